The molecule has 1 radical (unpaired) electrons. The average Bonchev–Trinajstić information content (AvgIpc) is 2.37. The average molecular weight is 125 g/mol. The lowest BCUT2D eigenvalue weighted by atomic mass is 10.5. The van der Waals surface area contributed by atoms with Crippen molar-refractivity contribution in [3.8, 4) is 0 Å². The van der Waals surface area contributed by atoms with Crippen LogP contribution in [0.15, 0.2) is 17.0 Å². The molecule has 1 amide bonds. The molecule has 0 aliphatic rings. The fraction of sp³-hybridized carbons (Fsp3) is 0. The van der Waals surface area contributed by atoms with Gasteiger partial charge < -0.3 is 9.73 Å². The Balaban J connectivity index is 2.77. The summed E-state index contributed by atoms with van der Waals surface area (Å²) in [5, 5.41) is 2.14. The zero-order valence-corrected chi connectivity index (χ0v) is 4.63. The highest BCUT2D eigenvalue weighted by Gasteiger charge is 2.04. The molecular weight excluding hydrogens is 120 g/mol. The molecule has 47 valence electrons. The predicted molar refractivity (Wildman–Crippen MR) is 29.3 cm³/mol. The zero-order chi connectivity index (χ0) is 6.69. The summed E-state index contributed by atoms with van der Waals surface area (Å²) >= 11 is 0. The van der Waals surface area contributed by atoms with Crippen LogP contribution in [0.1, 0.15) is 10.6 Å². The van der Waals surface area contributed by atoms with Crippen molar-refractivity contribution >= 4 is 5.91 Å². The quantitative estimate of drug-likeness (QED) is 0.583. The summed E-state index contributed by atoms with van der Waals surface area (Å²) < 4.78 is 4.62. The van der Waals surface area contributed by atoms with Crippen molar-refractivity contribution in [2.45, 2.75) is 0 Å². The molecule has 0 saturated carbocycles. The Morgan fingerprint density at radius 1 is 1.89 bits per heavy atom. The lowest BCUT2D eigenvalue weighted by Crippen LogP contribution is -2.14. The van der Waals surface area contributed by atoms with Crippen molar-refractivity contribution in [1.82, 2.24) is 10.3 Å². The molecule has 1 aromatic rings. The number of hydrogen-bond acceptors (Lipinski definition) is 3. The van der Waals surface area contributed by atoms with Gasteiger partial charge in [0.05, 0.1) is 6.20 Å². The molecule has 0 unspecified atom stereocenters. The maximum atomic E-state index is 10.6. The minimum Gasteiger partial charge on any atom is -0.438 e. The first-order valence-corrected chi connectivity index (χ1v) is 2.30. The first kappa shape index (κ1) is 5.81. The summed E-state index contributed by atoms with van der Waals surface area (Å²) in [4.78, 5) is 14.1. The van der Waals surface area contributed by atoms with Gasteiger partial charge >= 0.3 is 0 Å². The normalized spacial score (nSPS) is 9.00. The van der Waals surface area contributed by atoms with Crippen molar-refractivity contribution in [2.75, 3.05) is 0 Å². The second-order valence-electron chi connectivity index (χ2n) is 1.37. The third-order valence-electron chi connectivity index (χ3n) is 0.817. The van der Waals surface area contributed by atoms with Crippen molar-refractivity contribution in [1.29, 1.82) is 0 Å². The van der Waals surface area contributed by atoms with Crippen molar-refractivity contribution in [3.63, 3.8) is 0 Å². The minimum atomic E-state index is -0.368. The van der Waals surface area contributed by atoms with Gasteiger partial charge in [0, 0.05) is 7.05 Å². The number of nitrogens with zero attached hydrogens (tertiary/aromatic N) is 1. The van der Waals surface area contributed by atoms with Gasteiger partial charge in [0.15, 0.2) is 6.39 Å². The van der Waals surface area contributed by atoms with Gasteiger partial charge in [-0.1, -0.05) is 0 Å². The van der Waals surface area contributed by atoms with E-state index in [1.54, 1.807) is 0 Å². The molecule has 0 spiro atoms. The Morgan fingerprint density at radius 3 is 3.11 bits per heavy atom. The third kappa shape index (κ3) is 1.07. The number of carbonyl (C=O) groups excluding carboxylic acids is 1. The fourth-order valence-electron chi connectivity index (χ4n) is 0.415. The molecule has 0 bridgehead atoms. The van der Waals surface area contributed by atoms with Gasteiger partial charge in [-0.3, -0.25) is 4.79 Å². The molecule has 9 heavy (non-hydrogen) atoms. The van der Waals surface area contributed by atoms with E-state index in [-0.39, 0.29) is 11.7 Å². The number of carbonyl (C=O) groups is 1. The van der Waals surface area contributed by atoms with Crippen LogP contribution in [0.2, 0.25) is 0 Å². The SMILES string of the molecule is [CH2]NC(=O)c1cnco1. The molecule has 1 aromatic heterocycles. The van der Waals surface area contributed by atoms with Crippen LogP contribution in [0, 0.1) is 7.05 Å². The molecule has 4 heteroatoms. The Morgan fingerprint density at radius 2 is 2.67 bits per heavy atom. The van der Waals surface area contributed by atoms with Gasteiger partial charge in [0.25, 0.3) is 5.91 Å². The molecule has 0 aromatic carbocycles. The number of nitrogens with one attached hydrogen (secondary N) is 1. The van der Waals surface area contributed by atoms with Gasteiger partial charge in [-0.25, -0.2) is 4.98 Å². The van der Waals surface area contributed by atoms with Crippen LogP contribution in [0.5, 0.6) is 0 Å². The highest BCUT2D eigenvalue weighted by atomic mass is 16.3. The highest BCUT2D eigenvalue weighted by molar-refractivity contribution is 5.91. The van der Waals surface area contributed by atoms with Gasteiger partial charge in [-0.2, -0.15) is 0 Å². The summed E-state index contributed by atoms with van der Waals surface area (Å²) in [6, 6.07) is 0. The second-order valence-corrected chi connectivity index (χ2v) is 1.37. The topological polar surface area (TPSA) is 55.1 Å². The van der Waals surface area contributed by atoms with Crippen LogP contribution in [0.3, 0.4) is 0 Å². The number of rotatable bonds is 1. The van der Waals surface area contributed by atoms with Crippen LogP contribution < -0.4 is 5.32 Å². The zero-order valence-electron chi connectivity index (χ0n) is 4.63. The minimum absolute atomic E-state index is 0.171. The van der Waals surface area contributed by atoms with Crippen molar-refractivity contribution in [3.05, 3.63) is 25.4 Å². The Labute approximate surface area is 51.9 Å². The molecule has 1 rings (SSSR count). The summed E-state index contributed by atoms with van der Waals surface area (Å²) in [5.74, 6) is -0.197. The molecule has 0 fully saturated rings. The smallest absolute Gasteiger partial charge is 0.288 e. The predicted octanol–water partition coefficient (Wildman–Crippen LogP) is 0.196. The number of oxazole rings is 1. The number of amides is 1. The molecule has 0 saturated heterocycles. The molecule has 0 atom stereocenters. The summed E-state index contributed by atoms with van der Waals surface area (Å²) in [7, 11) is 3.15. The molecule has 1 N–H and O–H groups in total. The standard InChI is InChI=1S/C5H5N2O2/c1-6-5(8)4-2-7-3-9-4/h2-3H,1H2,(H,6,8). The second kappa shape index (κ2) is 2.30. The number of hydrogen-bond donors (Lipinski definition) is 1. The van der Waals surface area contributed by atoms with Crippen LogP contribution >= 0.6 is 0 Å². The van der Waals surface area contributed by atoms with Crippen LogP contribution in [0.25, 0.3) is 0 Å². The lowest BCUT2D eigenvalue weighted by Gasteiger charge is -1.88. The lowest BCUT2D eigenvalue weighted by molar-refractivity contribution is 0.0942. The summed E-state index contributed by atoms with van der Waals surface area (Å²) in [6.07, 6.45) is 2.51. The van der Waals surface area contributed by atoms with Crippen molar-refractivity contribution in [2.24, 2.45) is 0 Å². The molecule has 1 heterocycles. The maximum Gasteiger partial charge on any atom is 0.288 e. The Bertz CT molecular complexity index is 193. The van der Waals surface area contributed by atoms with E-state index in [2.05, 4.69) is 21.8 Å². The largest absolute Gasteiger partial charge is 0.438 e. The molecule has 0 aliphatic heterocycles. The van der Waals surface area contributed by atoms with E-state index in [1.807, 2.05) is 0 Å². The Kier molecular flexibility index (Phi) is 1.48. The van der Waals surface area contributed by atoms with Crippen LogP contribution in [0.4, 0.5) is 0 Å². The highest BCUT2D eigenvalue weighted by Crippen LogP contribution is 1.93. The van der Waals surface area contributed by atoms with E-state index in [0.29, 0.717) is 0 Å². The summed E-state index contributed by atoms with van der Waals surface area (Å²) in [5.41, 5.74) is 0. The summed E-state index contributed by atoms with van der Waals surface area (Å²) in [6.45, 7) is 0. The van der Waals surface area contributed by atoms with E-state index in [4.69, 9.17) is 0 Å². The van der Waals surface area contributed by atoms with E-state index in [0.717, 1.165) is 0 Å². The van der Waals surface area contributed by atoms with Gasteiger partial charge in [0.2, 0.25) is 5.76 Å². The van der Waals surface area contributed by atoms with Gasteiger partial charge in [-0.05, 0) is 0 Å². The van der Waals surface area contributed by atoms with E-state index < -0.39 is 0 Å². The van der Waals surface area contributed by atoms with Gasteiger partial charge in [-0.15, -0.1) is 0 Å². The van der Waals surface area contributed by atoms with Crippen molar-refractivity contribution < 1.29 is 9.21 Å². The van der Waals surface area contributed by atoms with E-state index in [1.165, 1.54) is 12.6 Å². The number of aromatic nitrogens is 1. The van der Waals surface area contributed by atoms with Crippen LogP contribution in [-0.2, 0) is 0 Å². The molecule has 4 nitrogen and oxygen atoms in total. The van der Waals surface area contributed by atoms with E-state index >= 15 is 0 Å². The Hall–Kier alpha value is -1.32. The van der Waals surface area contributed by atoms with E-state index in [9.17, 15) is 4.79 Å². The van der Waals surface area contributed by atoms with Gasteiger partial charge in [0.1, 0.15) is 0 Å². The van der Waals surface area contributed by atoms with Crippen LogP contribution in [-0.4, -0.2) is 10.9 Å². The first-order valence-electron chi connectivity index (χ1n) is 2.30. The first-order chi connectivity index (χ1) is 4.34. The third-order valence-corrected chi connectivity index (χ3v) is 0.817. The monoisotopic (exact) mass is 125 g/mol. The molecular formula is C5H5N2O2. The molecule has 0 aliphatic carbocycles. The fourth-order valence-corrected chi connectivity index (χ4v) is 0.415. The maximum absolute atomic E-state index is 10.6.